The molecule has 0 bridgehead atoms. The maximum Gasteiger partial charge on any atom is 0.184 e. The highest BCUT2D eigenvalue weighted by molar-refractivity contribution is 6.70. The van der Waals surface area contributed by atoms with Crippen molar-refractivity contribution in [3.05, 3.63) is 48.0 Å². The Bertz CT molecular complexity index is 1010. The summed E-state index contributed by atoms with van der Waals surface area (Å²) in [6, 6.07) is 9.43. The molecule has 3 rings (SSSR count). The zero-order chi connectivity index (χ0) is 30.8. The molecule has 2 saturated heterocycles. The summed E-state index contributed by atoms with van der Waals surface area (Å²) in [5.41, 5.74) is 1.58. The first-order valence-electron chi connectivity index (χ1n) is 15.4. The van der Waals surface area contributed by atoms with Crippen LogP contribution in [0.1, 0.15) is 43.5 Å². The van der Waals surface area contributed by atoms with Gasteiger partial charge in [-0.2, -0.15) is 0 Å². The molecule has 2 fully saturated rings. The monoisotopic (exact) mass is 620 g/mol. The minimum absolute atomic E-state index is 0.0828. The van der Waals surface area contributed by atoms with Crippen LogP contribution < -0.4 is 0 Å². The number of hydrogen-bond donors (Lipinski definition) is 0. The standard InChI is InChI=1S/C32H56O6Si3/c1-22(18-27(33)25-16-14-13-15-17-25)19-28-32(38-41(10,11)12)31(37-40(7,8)9)26(21-34-28)20-29-30(35-29)23(2)24(3)36-39(4,5)6/h13-17,23-24,26,28-32H,1,18-21H2,2-12H3/t23-,24+,26+,28+,29+,30+,31-,32-/m1/s1. The van der Waals surface area contributed by atoms with Gasteiger partial charge in [-0.25, -0.2) is 0 Å². The first-order chi connectivity index (χ1) is 18.8. The summed E-state index contributed by atoms with van der Waals surface area (Å²) < 4.78 is 33.0. The molecule has 41 heavy (non-hydrogen) atoms. The molecule has 0 aromatic heterocycles. The van der Waals surface area contributed by atoms with Gasteiger partial charge in [-0.3, -0.25) is 4.79 Å². The van der Waals surface area contributed by atoms with E-state index in [1.807, 2.05) is 30.3 Å². The third-order valence-corrected chi connectivity index (χ3v) is 10.6. The minimum Gasteiger partial charge on any atom is -0.415 e. The highest BCUT2D eigenvalue weighted by Gasteiger charge is 2.51. The third-order valence-electron chi connectivity index (χ3n) is 7.61. The van der Waals surface area contributed by atoms with Crippen molar-refractivity contribution in [2.24, 2.45) is 11.8 Å². The number of ether oxygens (including phenoxy) is 2. The highest BCUT2D eigenvalue weighted by Crippen LogP contribution is 2.41. The summed E-state index contributed by atoms with van der Waals surface area (Å²) in [4.78, 5) is 12.9. The molecule has 0 amide bonds. The van der Waals surface area contributed by atoms with Crippen molar-refractivity contribution >= 4 is 30.7 Å². The van der Waals surface area contributed by atoms with Gasteiger partial charge in [-0.15, -0.1) is 0 Å². The first kappa shape index (κ1) is 34.6. The van der Waals surface area contributed by atoms with E-state index in [-0.39, 0.29) is 48.3 Å². The largest absolute Gasteiger partial charge is 0.415 e. The van der Waals surface area contributed by atoms with E-state index < -0.39 is 25.0 Å². The van der Waals surface area contributed by atoms with Crippen molar-refractivity contribution in [1.29, 1.82) is 0 Å². The smallest absolute Gasteiger partial charge is 0.184 e. The van der Waals surface area contributed by atoms with Gasteiger partial charge in [0.1, 0.15) is 0 Å². The minimum atomic E-state index is -1.95. The molecule has 2 aliphatic rings. The number of hydrogen-bond acceptors (Lipinski definition) is 6. The SMILES string of the molecule is C=C(CC(=O)c1ccccc1)C[C@@H]1OC[C@H](C[C@@H]2O[C@H]2[C@H](C)[C@H](C)O[Si](C)(C)C)[C@@H](O[Si](C)(C)C)[C@@H]1O[Si](C)(C)C. The van der Waals surface area contributed by atoms with Crippen molar-refractivity contribution in [1.82, 2.24) is 0 Å². The van der Waals surface area contributed by atoms with Gasteiger partial charge in [0.2, 0.25) is 0 Å². The van der Waals surface area contributed by atoms with Crippen molar-refractivity contribution in [3.63, 3.8) is 0 Å². The van der Waals surface area contributed by atoms with Crippen LogP contribution in [0.2, 0.25) is 58.9 Å². The quantitative estimate of drug-likeness (QED) is 0.0867. The number of benzene rings is 1. The van der Waals surface area contributed by atoms with Gasteiger partial charge in [-0.05, 0) is 78.7 Å². The van der Waals surface area contributed by atoms with Crippen LogP contribution in [0.3, 0.4) is 0 Å². The molecule has 6 nitrogen and oxygen atoms in total. The molecule has 1 aromatic carbocycles. The first-order valence-corrected chi connectivity index (χ1v) is 25.6. The Labute approximate surface area is 252 Å². The molecule has 8 atom stereocenters. The summed E-state index contributed by atoms with van der Waals surface area (Å²) in [6.45, 7) is 29.4. The lowest BCUT2D eigenvalue weighted by Gasteiger charge is -2.47. The number of Topliss-reactive ketones (excluding diaryl/α,β-unsaturated/α-hetero) is 1. The summed E-state index contributed by atoms with van der Waals surface area (Å²) in [7, 11) is -5.48. The number of carbonyl (C=O) groups is 1. The van der Waals surface area contributed by atoms with Gasteiger partial charge in [0, 0.05) is 29.9 Å². The Morgan fingerprint density at radius 3 is 2.05 bits per heavy atom. The van der Waals surface area contributed by atoms with Gasteiger partial charge < -0.3 is 22.8 Å². The van der Waals surface area contributed by atoms with Crippen molar-refractivity contribution in [2.75, 3.05) is 6.61 Å². The van der Waals surface area contributed by atoms with Crippen LogP contribution in [-0.4, -0.2) is 74.0 Å². The molecule has 0 unspecified atom stereocenters. The van der Waals surface area contributed by atoms with Crippen LogP contribution >= 0.6 is 0 Å². The Balaban J connectivity index is 1.74. The Kier molecular flexibility index (Phi) is 11.6. The Morgan fingerprint density at radius 1 is 0.902 bits per heavy atom. The predicted octanol–water partition coefficient (Wildman–Crippen LogP) is 7.69. The zero-order valence-electron chi connectivity index (χ0n) is 27.5. The fourth-order valence-corrected chi connectivity index (χ4v) is 9.34. The summed E-state index contributed by atoms with van der Waals surface area (Å²) in [5, 5.41) is 0. The lowest BCUT2D eigenvalue weighted by Crippen LogP contribution is -2.58. The summed E-state index contributed by atoms with van der Waals surface area (Å²) >= 11 is 0. The molecule has 2 aliphatic heterocycles. The molecule has 1 aromatic rings. The molecular weight excluding hydrogens is 565 g/mol. The van der Waals surface area contributed by atoms with E-state index in [1.54, 1.807) is 0 Å². The molecule has 232 valence electrons. The molecule has 0 aliphatic carbocycles. The number of epoxide rings is 1. The van der Waals surface area contributed by atoms with Gasteiger partial charge >= 0.3 is 0 Å². The van der Waals surface area contributed by atoms with Crippen molar-refractivity contribution < 1.29 is 27.5 Å². The Morgan fingerprint density at radius 2 is 1.49 bits per heavy atom. The molecule has 0 radical (unpaired) electrons. The number of ketones is 1. The lowest BCUT2D eigenvalue weighted by atomic mass is 9.85. The maximum atomic E-state index is 12.9. The van der Waals surface area contributed by atoms with Crippen LogP contribution in [-0.2, 0) is 22.8 Å². The van der Waals surface area contributed by atoms with Gasteiger partial charge in [0.15, 0.2) is 30.7 Å². The maximum absolute atomic E-state index is 12.9. The van der Waals surface area contributed by atoms with Gasteiger partial charge in [0.05, 0.1) is 37.1 Å². The van der Waals surface area contributed by atoms with Crippen LogP contribution in [0.25, 0.3) is 0 Å². The normalized spacial score (nSPS) is 28.7. The fourth-order valence-electron chi connectivity index (χ4n) is 5.77. The van der Waals surface area contributed by atoms with Crippen molar-refractivity contribution in [3.8, 4) is 0 Å². The molecular formula is C32H56O6Si3. The average Bonchev–Trinajstić information content (AvgIpc) is 3.59. The summed E-state index contributed by atoms with van der Waals surface area (Å²) in [6.07, 6.45) is 1.83. The van der Waals surface area contributed by atoms with E-state index in [9.17, 15) is 4.79 Å². The molecule has 0 spiro atoms. The second-order valence-electron chi connectivity index (χ2n) is 15.1. The average molecular weight is 621 g/mol. The van der Waals surface area contributed by atoms with Crippen LogP contribution in [0.5, 0.6) is 0 Å². The summed E-state index contributed by atoms with van der Waals surface area (Å²) in [5.74, 6) is 0.592. The third kappa shape index (κ3) is 11.3. The van der Waals surface area contributed by atoms with E-state index in [4.69, 9.17) is 22.8 Å². The zero-order valence-corrected chi connectivity index (χ0v) is 30.5. The second kappa shape index (κ2) is 13.8. The predicted molar refractivity (Wildman–Crippen MR) is 175 cm³/mol. The molecule has 0 N–H and O–H groups in total. The van der Waals surface area contributed by atoms with E-state index >= 15 is 0 Å². The lowest BCUT2D eigenvalue weighted by molar-refractivity contribution is -0.152. The number of rotatable bonds is 15. The molecule has 2 heterocycles. The molecule has 0 saturated carbocycles. The Hall–Kier alpha value is -0.919. The van der Waals surface area contributed by atoms with Gasteiger partial charge in [0.25, 0.3) is 0 Å². The van der Waals surface area contributed by atoms with Crippen LogP contribution in [0.15, 0.2) is 42.5 Å². The topological polar surface area (TPSA) is 66.5 Å². The van der Waals surface area contributed by atoms with E-state index in [2.05, 4.69) is 79.3 Å². The van der Waals surface area contributed by atoms with Crippen molar-refractivity contribution in [2.45, 2.75) is 129 Å². The molecule has 9 heteroatoms. The van der Waals surface area contributed by atoms with E-state index in [0.29, 0.717) is 30.9 Å². The van der Waals surface area contributed by atoms with E-state index in [0.717, 1.165) is 12.0 Å². The number of carbonyl (C=O) groups excluding carboxylic acids is 1. The van der Waals surface area contributed by atoms with Crippen LogP contribution in [0.4, 0.5) is 0 Å². The highest BCUT2D eigenvalue weighted by atomic mass is 28.4. The fraction of sp³-hybridized carbons (Fsp3) is 0.719. The second-order valence-corrected chi connectivity index (χ2v) is 28.5. The van der Waals surface area contributed by atoms with Crippen LogP contribution in [0, 0.1) is 11.8 Å². The van der Waals surface area contributed by atoms with Gasteiger partial charge in [-0.1, -0.05) is 49.4 Å². The van der Waals surface area contributed by atoms with E-state index in [1.165, 1.54) is 0 Å².